The van der Waals surface area contributed by atoms with Gasteiger partial charge in [-0.3, -0.25) is 0 Å². The van der Waals surface area contributed by atoms with Crippen molar-refractivity contribution in [3.63, 3.8) is 0 Å². The average molecular weight is 141 g/mol. The van der Waals surface area contributed by atoms with Crippen LogP contribution in [0.4, 0.5) is 0 Å². The molecule has 0 aromatic carbocycles. The molecule has 0 spiro atoms. The van der Waals surface area contributed by atoms with Crippen molar-refractivity contribution in [3.05, 3.63) is 0 Å². The lowest BCUT2D eigenvalue weighted by Crippen LogP contribution is -2.28. The summed E-state index contributed by atoms with van der Waals surface area (Å²) < 4.78 is 0. The molecule has 1 fully saturated rings. The molecule has 0 aromatic rings. The lowest BCUT2D eigenvalue weighted by atomic mass is 9.87. The van der Waals surface area contributed by atoms with Gasteiger partial charge in [0, 0.05) is 6.04 Å². The monoisotopic (exact) mass is 141 g/mol. The van der Waals surface area contributed by atoms with Crippen molar-refractivity contribution < 1.29 is 0 Å². The molecule has 1 aliphatic carbocycles. The van der Waals surface area contributed by atoms with Gasteiger partial charge in [0.1, 0.15) is 0 Å². The lowest BCUT2D eigenvalue weighted by molar-refractivity contribution is 0.324. The Hall–Kier alpha value is -0.0400. The second-order valence-electron chi connectivity index (χ2n) is 4.77. The van der Waals surface area contributed by atoms with Gasteiger partial charge in [-0.2, -0.15) is 0 Å². The van der Waals surface area contributed by atoms with Gasteiger partial charge < -0.3 is 5.73 Å². The molecule has 0 saturated heterocycles. The molecule has 0 amide bonds. The van der Waals surface area contributed by atoms with Crippen LogP contribution in [0.25, 0.3) is 0 Å². The SMILES string of the molecule is CC(C)(C)C[C@H](N)C1CC1. The van der Waals surface area contributed by atoms with Gasteiger partial charge in [0.15, 0.2) is 0 Å². The highest BCUT2D eigenvalue weighted by Gasteiger charge is 2.30. The minimum atomic E-state index is 0.419. The smallest absolute Gasteiger partial charge is 0.00721 e. The summed E-state index contributed by atoms with van der Waals surface area (Å²) in [7, 11) is 0. The standard InChI is InChI=1S/C9H19N/c1-9(2,3)6-8(10)7-4-5-7/h7-8H,4-6,10H2,1-3H3/t8-/m0/s1. The fraction of sp³-hybridized carbons (Fsp3) is 1.00. The van der Waals surface area contributed by atoms with Crippen LogP contribution in [0, 0.1) is 11.3 Å². The van der Waals surface area contributed by atoms with Crippen molar-refractivity contribution >= 4 is 0 Å². The Morgan fingerprint density at radius 1 is 1.40 bits per heavy atom. The average Bonchev–Trinajstić information content (AvgIpc) is 2.35. The topological polar surface area (TPSA) is 26.0 Å². The molecule has 0 aliphatic heterocycles. The van der Waals surface area contributed by atoms with Crippen molar-refractivity contribution in [2.75, 3.05) is 0 Å². The molecule has 0 aromatic heterocycles. The maximum Gasteiger partial charge on any atom is 0.00721 e. The number of hydrogen-bond donors (Lipinski definition) is 1. The Morgan fingerprint density at radius 3 is 2.20 bits per heavy atom. The van der Waals surface area contributed by atoms with Crippen molar-refractivity contribution in [2.45, 2.75) is 46.1 Å². The highest BCUT2D eigenvalue weighted by Crippen LogP contribution is 2.36. The van der Waals surface area contributed by atoms with Gasteiger partial charge in [-0.1, -0.05) is 20.8 Å². The molecular formula is C9H19N. The summed E-state index contributed by atoms with van der Waals surface area (Å²) in [5, 5.41) is 0. The molecule has 1 saturated carbocycles. The molecule has 2 N–H and O–H groups in total. The Balaban J connectivity index is 2.23. The third-order valence-electron chi connectivity index (χ3n) is 2.08. The largest absolute Gasteiger partial charge is 0.327 e. The molecule has 0 unspecified atom stereocenters. The van der Waals surface area contributed by atoms with Crippen LogP contribution in [0.2, 0.25) is 0 Å². The minimum absolute atomic E-state index is 0.419. The first-order valence-electron chi connectivity index (χ1n) is 4.24. The van der Waals surface area contributed by atoms with E-state index in [1.807, 2.05) is 0 Å². The predicted octanol–water partition coefficient (Wildman–Crippen LogP) is 2.16. The van der Waals surface area contributed by atoms with E-state index in [-0.39, 0.29) is 0 Å². The third kappa shape index (κ3) is 2.70. The zero-order chi connectivity index (χ0) is 7.78. The van der Waals surface area contributed by atoms with Crippen LogP contribution in [0.5, 0.6) is 0 Å². The van der Waals surface area contributed by atoms with Crippen LogP contribution < -0.4 is 5.73 Å². The molecule has 0 bridgehead atoms. The van der Waals surface area contributed by atoms with E-state index in [0.29, 0.717) is 11.5 Å². The molecule has 60 valence electrons. The fourth-order valence-electron chi connectivity index (χ4n) is 1.40. The first kappa shape index (κ1) is 8.06. The van der Waals surface area contributed by atoms with Crippen LogP contribution in [-0.2, 0) is 0 Å². The molecule has 1 aliphatic rings. The quantitative estimate of drug-likeness (QED) is 0.626. The molecule has 0 heterocycles. The molecule has 1 nitrogen and oxygen atoms in total. The number of nitrogens with two attached hydrogens (primary N) is 1. The van der Waals surface area contributed by atoms with Crippen molar-refractivity contribution in [3.8, 4) is 0 Å². The highest BCUT2D eigenvalue weighted by atomic mass is 14.7. The summed E-state index contributed by atoms with van der Waals surface area (Å²) in [5.74, 6) is 0.860. The second-order valence-corrected chi connectivity index (χ2v) is 4.77. The van der Waals surface area contributed by atoms with E-state index >= 15 is 0 Å². The molecule has 1 atom stereocenters. The van der Waals surface area contributed by atoms with Gasteiger partial charge in [0.25, 0.3) is 0 Å². The number of rotatable bonds is 2. The highest BCUT2D eigenvalue weighted by molar-refractivity contribution is 4.86. The first-order valence-corrected chi connectivity index (χ1v) is 4.24. The van der Waals surface area contributed by atoms with E-state index < -0.39 is 0 Å². The van der Waals surface area contributed by atoms with Crippen molar-refractivity contribution in [2.24, 2.45) is 17.1 Å². The molecular weight excluding hydrogens is 122 g/mol. The van der Waals surface area contributed by atoms with Crippen LogP contribution in [0.3, 0.4) is 0 Å². The third-order valence-corrected chi connectivity index (χ3v) is 2.08. The summed E-state index contributed by atoms with van der Waals surface area (Å²) in [6, 6.07) is 0.472. The van der Waals surface area contributed by atoms with E-state index in [1.165, 1.54) is 19.3 Å². The van der Waals surface area contributed by atoms with Gasteiger partial charge in [-0.15, -0.1) is 0 Å². The Bertz CT molecular complexity index is 108. The van der Waals surface area contributed by atoms with Crippen LogP contribution in [0.1, 0.15) is 40.0 Å². The van der Waals surface area contributed by atoms with Crippen LogP contribution in [0.15, 0.2) is 0 Å². The minimum Gasteiger partial charge on any atom is -0.327 e. The van der Waals surface area contributed by atoms with E-state index in [2.05, 4.69) is 20.8 Å². The Morgan fingerprint density at radius 2 is 1.90 bits per heavy atom. The lowest BCUT2D eigenvalue weighted by Gasteiger charge is -2.22. The van der Waals surface area contributed by atoms with Crippen molar-refractivity contribution in [1.82, 2.24) is 0 Å². The van der Waals surface area contributed by atoms with Gasteiger partial charge >= 0.3 is 0 Å². The van der Waals surface area contributed by atoms with E-state index in [4.69, 9.17) is 5.73 Å². The maximum absolute atomic E-state index is 5.97. The molecule has 1 heteroatoms. The van der Waals surface area contributed by atoms with Crippen LogP contribution >= 0.6 is 0 Å². The zero-order valence-corrected chi connectivity index (χ0v) is 7.35. The molecule has 0 radical (unpaired) electrons. The van der Waals surface area contributed by atoms with Gasteiger partial charge in [0.05, 0.1) is 0 Å². The summed E-state index contributed by atoms with van der Waals surface area (Å²) in [6.45, 7) is 6.78. The second kappa shape index (κ2) is 2.54. The zero-order valence-electron chi connectivity index (χ0n) is 7.35. The van der Waals surface area contributed by atoms with E-state index in [9.17, 15) is 0 Å². The predicted molar refractivity (Wildman–Crippen MR) is 44.8 cm³/mol. The van der Waals surface area contributed by atoms with Gasteiger partial charge in [-0.25, -0.2) is 0 Å². The molecule has 1 rings (SSSR count). The Kier molecular flexibility index (Phi) is 2.04. The maximum atomic E-state index is 5.97. The van der Waals surface area contributed by atoms with Crippen molar-refractivity contribution in [1.29, 1.82) is 0 Å². The summed E-state index contributed by atoms with van der Waals surface area (Å²) in [6.07, 6.45) is 3.92. The van der Waals surface area contributed by atoms with E-state index in [1.54, 1.807) is 0 Å². The summed E-state index contributed by atoms with van der Waals surface area (Å²) >= 11 is 0. The first-order chi connectivity index (χ1) is 4.49. The van der Waals surface area contributed by atoms with Crippen LogP contribution in [-0.4, -0.2) is 6.04 Å². The fourth-order valence-corrected chi connectivity index (χ4v) is 1.40. The molecule has 10 heavy (non-hydrogen) atoms. The van der Waals surface area contributed by atoms with Gasteiger partial charge in [0.2, 0.25) is 0 Å². The number of hydrogen-bond acceptors (Lipinski definition) is 1. The van der Waals surface area contributed by atoms with Gasteiger partial charge in [-0.05, 0) is 30.6 Å². The normalized spacial score (nSPS) is 22.8. The summed E-state index contributed by atoms with van der Waals surface area (Å²) in [4.78, 5) is 0. The Labute approximate surface area is 64.0 Å². The van der Waals surface area contributed by atoms with E-state index in [0.717, 1.165) is 5.92 Å². The summed E-state index contributed by atoms with van der Waals surface area (Å²) in [5.41, 5.74) is 6.38.